The molecule has 3 aromatic rings. The van der Waals surface area contributed by atoms with E-state index < -0.39 is 0 Å². The van der Waals surface area contributed by atoms with Gasteiger partial charge in [-0.05, 0) is 52.4 Å². The average Bonchev–Trinajstić information content (AvgIpc) is 2.69. The van der Waals surface area contributed by atoms with E-state index in [0.717, 1.165) is 9.99 Å². The number of aromatic nitrogens is 2. The topological polar surface area (TPSA) is 20.7 Å². The van der Waals surface area contributed by atoms with Crippen molar-refractivity contribution in [2.45, 2.75) is 0 Å². The Labute approximate surface area is 140 Å². The molecule has 0 radical (unpaired) electrons. The Balaban J connectivity index is 2.42. The fourth-order valence-electron chi connectivity index (χ4n) is 2.00. The van der Waals surface area contributed by atoms with Crippen LogP contribution in [-0.4, -0.2) is 9.55 Å². The Kier molecular flexibility index (Phi) is 3.75. The van der Waals surface area contributed by atoms with Crippen molar-refractivity contribution in [2.75, 3.05) is 0 Å². The third kappa shape index (κ3) is 2.35. The van der Waals surface area contributed by atoms with Gasteiger partial charge < -0.3 is 4.98 Å². The fraction of sp³-hybridized carbons (Fsp3) is 0. The molecule has 0 aliphatic carbocycles. The van der Waals surface area contributed by atoms with Gasteiger partial charge in [0.25, 0.3) is 0 Å². The largest absolute Gasteiger partial charge is 0.330 e. The summed E-state index contributed by atoms with van der Waals surface area (Å²) in [7, 11) is 0. The van der Waals surface area contributed by atoms with Crippen molar-refractivity contribution < 1.29 is 4.39 Å². The molecular formula is C13H6Br2ClFN2S. The van der Waals surface area contributed by atoms with Crippen molar-refractivity contribution in [1.29, 1.82) is 0 Å². The number of nitrogens with one attached hydrogen (secondary N) is 1. The number of imidazole rings is 1. The zero-order valence-corrected chi connectivity index (χ0v) is 14.5. The monoisotopic (exact) mass is 434 g/mol. The number of benzene rings is 2. The molecule has 7 heteroatoms. The first-order chi connectivity index (χ1) is 9.47. The van der Waals surface area contributed by atoms with Crippen molar-refractivity contribution in [2.24, 2.45) is 0 Å². The number of aromatic amines is 1. The predicted molar refractivity (Wildman–Crippen MR) is 88.8 cm³/mol. The standard InChI is InChI=1S/C13H6Br2ClFN2S/c14-6-1-2-8(16)11(3-6)19-12-5-9(17)7(15)4-10(12)18-13(19)20/h1-5H,(H,18,20). The van der Waals surface area contributed by atoms with Crippen molar-refractivity contribution in [3.8, 4) is 5.69 Å². The number of H-pyrrole nitrogens is 1. The first kappa shape index (κ1) is 14.3. The van der Waals surface area contributed by atoms with Crippen LogP contribution < -0.4 is 0 Å². The van der Waals surface area contributed by atoms with Crippen LogP contribution >= 0.6 is 55.7 Å². The second-order valence-corrected chi connectivity index (χ2v) is 6.71. The van der Waals surface area contributed by atoms with Gasteiger partial charge in [-0.1, -0.05) is 27.5 Å². The molecule has 0 saturated heterocycles. The highest BCUT2D eigenvalue weighted by atomic mass is 79.9. The van der Waals surface area contributed by atoms with Gasteiger partial charge in [0.05, 0.1) is 26.2 Å². The third-order valence-electron chi connectivity index (χ3n) is 2.87. The van der Waals surface area contributed by atoms with Gasteiger partial charge in [-0.25, -0.2) is 4.39 Å². The molecule has 0 spiro atoms. The van der Waals surface area contributed by atoms with Crippen molar-refractivity contribution in [1.82, 2.24) is 9.55 Å². The minimum Gasteiger partial charge on any atom is -0.330 e. The summed E-state index contributed by atoms with van der Waals surface area (Å²) in [6.45, 7) is 0. The number of halogens is 4. The van der Waals surface area contributed by atoms with Crippen LogP contribution in [0.4, 0.5) is 4.39 Å². The van der Waals surface area contributed by atoms with Crippen LogP contribution in [-0.2, 0) is 0 Å². The van der Waals surface area contributed by atoms with E-state index in [1.807, 2.05) is 12.1 Å². The Morgan fingerprint density at radius 3 is 2.70 bits per heavy atom. The molecule has 0 aliphatic rings. The van der Waals surface area contributed by atoms with Crippen molar-refractivity contribution >= 4 is 66.7 Å². The summed E-state index contributed by atoms with van der Waals surface area (Å²) in [6.07, 6.45) is 0. The fourth-order valence-corrected chi connectivity index (χ4v) is 3.20. The molecule has 0 bridgehead atoms. The van der Waals surface area contributed by atoms with Crippen LogP contribution in [0.2, 0.25) is 5.02 Å². The van der Waals surface area contributed by atoms with Gasteiger partial charge in [0.15, 0.2) is 4.77 Å². The highest BCUT2D eigenvalue weighted by Gasteiger charge is 2.12. The van der Waals surface area contributed by atoms with Gasteiger partial charge in [-0.3, -0.25) is 4.57 Å². The van der Waals surface area contributed by atoms with Crippen molar-refractivity contribution in [3.05, 3.63) is 54.9 Å². The van der Waals surface area contributed by atoms with Crippen molar-refractivity contribution in [3.63, 3.8) is 0 Å². The summed E-state index contributed by atoms with van der Waals surface area (Å²) in [4.78, 5) is 3.05. The lowest BCUT2D eigenvalue weighted by Gasteiger charge is -2.08. The van der Waals surface area contributed by atoms with Crippen LogP contribution in [0, 0.1) is 10.6 Å². The molecule has 1 aromatic heterocycles. The summed E-state index contributed by atoms with van der Waals surface area (Å²) >= 11 is 18.1. The summed E-state index contributed by atoms with van der Waals surface area (Å²) in [5.74, 6) is -0.355. The Bertz CT molecular complexity index is 888. The van der Waals surface area contributed by atoms with E-state index in [9.17, 15) is 4.39 Å². The molecule has 3 rings (SSSR count). The van der Waals surface area contributed by atoms with Gasteiger partial charge in [0.2, 0.25) is 0 Å². The molecule has 0 amide bonds. The number of hydrogen-bond acceptors (Lipinski definition) is 1. The molecule has 0 saturated carbocycles. The lowest BCUT2D eigenvalue weighted by molar-refractivity contribution is 0.622. The highest BCUT2D eigenvalue weighted by Crippen LogP contribution is 2.30. The molecule has 102 valence electrons. The molecule has 0 fully saturated rings. The van der Waals surface area contributed by atoms with Crippen LogP contribution in [0.3, 0.4) is 0 Å². The highest BCUT2D eigenvalue weighted by molar-refractivity contribution is 9.10. The molecule has 0 aliphatic heterocycles. The van der Waals surface area contributed by atoms with Crippen LogP contribution in [0.15, 0.2) is 39.3 Å². The van der Waals surface area contributed by atoms with E-state index in [-0.39, 0.29) is 5.82 Å². The molecule has 1 heterocycles. The third-order valence-corrected chi connectivity index (χ3v) is 4.58. The van der Waals surface area contributed by atoms with E-state index >= 15 is 0 Å². The van der Waals surface area contributed by atoms with Gasteiger partial charge in [0, 0.05) is 10.5 Å². The number of rotatable bonds is 1. The first-order valence-corrected chi connectivity index (χ1v) is 7.90. The molecule has 0 unspecified atom stereocenters. The van der Waals surface area contributed by atoms with Gasteiger partial charge in [-0.2, -0.15) is 0 Å². The number of hydrogen-bond donors (Lipinski definition) is 1. The number of nitrogens with zero attached hydrogens (tertiary/aromatic N) is 1. The van der Waals surface area contributed by atoms with Crippen LogP contribution in [0.5, 0.6) is 0 Å². The van der Waals surface area contributed by atoms with E-state index in [4.69, 9.17) is 23.8 Å². The summed E-state index contributed by atoms with van der Waals surface area (Å²) in [5, 5.41) is 0.536. The van der Waals surface area contributed by atoms with Gasteiger partial charge >= 0.3 is 0 Å². The molecule has 2 aromatic carbocycles. The molecule has 0 atom stereocenters. The lowest BCUT2D eigenvalue weighted by atomic mass is 10.2. The minimum absolute atomic E-state index is 0.355. The average molecular weight is 437 g/mol. The second-order valence-electron chi connectivity index (χ2n) is 4.14. The van der Waals surface area contributed by atoms with E-state index in [1.165, 1.54) is 6.07 Å². The predicted octanol–water partition coefficient (Wildman–Crippen LogP) is 6.01. The SMILES string of the molecule is Fc1cc2c(cc1Br)[nH]c(=S)n2-c1cc(Br)ccc1Cl. The summed E-state index contributed by atoms with van der Waals surface area (Å²) in [5.41, 5.74) is 2.06. The van der Waals surface area contributed by atoms with Crippen LogP contribution in [0.1, 0.15) is 0 Å². The second kappa shape index (κ2) is 5.26. The molecule has 2 nitrogen and oxygen atoms in total. The molecule has 20 heavy (non-hydrogen) atoms. The summed E-state index contributed by atoms with van der Waals surface area (Å²) < 4.78 is 17.2. The Morgan fingerprint density at radius 2 is 1.95 bits per heavy atom. The quantitative estimate of drug-likeness (QED) is 0.464. The Hall–Kier alpha value is -0.690. The zero-order valence-electron chi connectivity index (χ0n) is 9.75. The van der Waals surface area contributed by atoms with Gasteiger partial charge in [-0.15, -0.1) is 0 Å². The smallest absolute Gasteiger partial charge is 0.182 e. The molecular weight excluding hydrogens is 430 g/mol. The van der Waals surface area contributed by atoms with Crippen LogP contribution in [0.25, 0.3) is 16.7 Å². The zero-order chi connectivity index (χ0) is 14.4. The lowest BCUT2D eigenvalue weighted by Crippen LogP contribution is -1.95. The molecule has 1 N–H and O–H groups in total. The number of fused-ring (bicyclic) bond motifs is 1. The first-order valence-electron chi connectivity index (χ1n) is 5.52. The normalized spacial score (nSPS) is 11.2. The summed E-state index contributed by atoms with van der Waals surface area (Å²) in [6, 6.07) is 8.51. The maximum atomic E-state index is 13.8. The maximum Gasteiger partial charge on any atom is 0.182 e. The van der Waals surface area contributed by atoms with Gasteiger partial charge in [0.1, 0.15) is 5.82 Å². The minimum atomic E-state index is -0.355. The van der Waals surface area contributed by atoms with E-state index in [2.05, 4.69) is 36.8 Å². The van der Waals surface area contributed by atoms with E-state index in [1.54, 1.807) is 16.7 Å². The van der Waals surface area contributed by atoms with E-state index in [0.29, 0.717) is 25.5 Å². The maximum absolute atomic E-state index is 13.8. The Morgan fingerprint density at radius 1 is 1.20 bits per heavy atom.